The van der Waals surface area contributed by atoms with Crippen molar-refractivity contribution in [2.75, 3.05) is 12.4 Å². The summed E-state index contributed by atoms with van der Waals surface area (Å²) in [6.45, 7) is 2.44. The van der Waals surface area contributed by atoms with Gasteiger partial charge in [0, 0.05) is 5.69 Å². The number of para-hydroxylation sites is 1. The Kier molecular flexibility index (Phi) is 4.84. The summed E-state index contributed by atoms with van der Waals surface area (Å²) in [6, 6.07) is 9.18. The highest BCUT2D eigenvalue weighted by molar-refractivity contribution is 5.94. The Morgan fingerprint density at radius 2 is 2.15 bits per heavy atom. The van der Waals surface area contributed by atoms with E-state index in [2.05, 4.69) is 15.5 Å². The first-order valence-corrected chi connectivity index (χ1v) is 6.52. The Labute approximate surface area is 117 Å². The Morgan fingerprint density at radius 1 is 1.40 bits per heavy atom. The van der Waals surface area contributed by atoms with Crippen LogP contribution >= 0.6 is 0 Å². The predicted molar refractivity (Wildman–Crippen MR) is 74.9 cm³/mol. The highest BCUT2D eigenvalue weighted by Crippen LogP contribution is 2.11. The number of hydrogen-bond donors (Lipinski definition) is 1. The van der Waals surface area contributed by atoms with Gasteiger partial charge in [0.1, 0.15) is 0 Å². The minimum absolute atomic E-state index is 0.0373. The first kappa shape index (κ1) is 14.2. The summed E-state index contributed by atoms with van der Waals surface area (Å²) in [4.78, 5) is 18.2. The van der Waals surface area contributed by atoms with Crippen LogP contribution in [0.15, 0.2) is 41.2 Å². The third-order valence-electron chi connectivity index (χ3n) is 3.06. The van der Waals surface area contributed by atoms with E-state index in [0.717, 1.165) is 5.69 Å². The lowest BCUT2D eigenvalue weighted by molar-refractivity contribution is -0.121. The Morgan fingerprint density at radius 3 is 2.75 bits per heavy atom. The van der Waals surface area contributed by atoms with Crippen LogP contribution in [-0.4, -0.2) is 34.0 Å². The lowest BCUT2D eigenvalue weighted by atomic mass is 10.1. The molecule has 0 bridgehead atoms. The molecule has 0 radical (unpaired) electrons. The number of nitrogens with zero attached hydrogens (tertiary/aromatic N) is 3. The predicted octanol–water partition coefficient (Wildman–Crippen LogP) is 1.92. The molecule has 0 aliphatic rings. The molecule has 1 heterocycles. The summed E-state index contributed by atoms with van der Waals surface area (Å²) in [7, 11) is 1.87. The summed E-state index contributed by atoms with van der Waals surface area (Å²) in [5.41, 5.74) is 0.795. The summed E-state index contributed by atoms with van der Waals surface area (Å²) in [5.74, 6) is 0.531. The number of benzene rings is 1. The van der Waals surface area contributed by atoms with Crippen molar-refractivity contribution in [1.29, 1.82) is 0 Å². The molecule has 0 aliphatic carbocycles. The van der Waals surface area contributed by atoms with Crippen molar-refractivity contribution in [3.63, 3.8) is 0 Å². The van der Waals surface area contributed by atoms with E-state index in [-0.39, 0.29) is 11.9 Å². The number of amides is 1. The van der Waals surface area contributed by atoms with Gasteiger partial charge in [-0.15, -0.1) is 0 Å². The molecule has 0 spiro atoms. The molecule has 0 aliphatic heterocycles. The molecule has 1 N–H and O–H groups in total. The van der Waals surface area contributed by atoms with E-state index in [0.29, 0.717) is 18.8 Å². The third-order valence-corrected chi connectivity index (χ3v) is 3.06. The van der Waals surface area contributed by atoms with Crippen LogP contribution < -0.4 is 5.32 Å². The fraction of sp³-hybridized carbons (Fsp3) is 0.357. The van der Waals surface area contributed by atoms with Gasteiger partial charge in [-0.3, -0.25) is 9.69 Å². The van der Waals surface area contributed by atoms with Crippen LogP contribution in [0.25, 0.3) is 0 Å². The molecule has 1 unspecified atom stereocenters. The van der Waals surface area contributed by atoms with Crippen molar-refractivity contribution in [2.45, 2.75) is 25.9 Å². The van der Waals surface area contributed by atoms with Crippen molar-refractivity contribution in [1.82, 2.24) is 15.0 Å². The molecule has 0 fully saturated rings. The number of carbonyl (C=O) groups is 1. The standard InChI is InChI=1S/C14H18N4O2/c1-3-12(18(2)9-13-15-10-20-17-13)14(19)16-11-7-5-4-6-8-11/h4-8,10,12H,3,9H2,1-2H3,(H,16,19). The van der Waals surface area contributed by atoms with Gasteiger partial charge in [0.2, 0.25) is 12.3 Å². The Bertz CT molecular complexity index is 527. The van der Waals surface area contributed by atoms with Gasteiger partial charge in [-0.1, -0.05) is 30.3 Å². The van der Waals surface area contributed by atoms with E-state index >= 15 is 0 Å². The van der Waals surface area contributed by atoms with E-state index in [1.165, 1.54) is 6.39 Å². The number of likely N-dealkylation sites (N-methyl/N-ethyl adjacent to an activating group) is 1. The van der Waals surface area contributed by atoms with Gasteiger partial charge in [-0.05, 0) is 25.6 Å². The van der Waals surface area contributed by atoms with Crippen LogP contribution in [0.3, 0.4) is 0 Å². The lowest BCUT2D eigenvalue weighted by Crippen LogP contribution is -2.41. The lowest BCUT2D eigenvalue weighted by Gasteiger charge is -2.24. The van der Waals surface area contributed by atoms with Crippen LogP contribution in [-0.2, 0) is 11.3 Å². The van der Waals surface area contributed by atoms with Crippen LogP contribution in [0.1, 0.15) is 19.2 Å². The first-order chi connectivity index (χ1) is 9.70. The van der Waals surface area contributed by atoms with Gasteiger partial charge in [-0.25, -0.2) is 0 Å². The number of nitrogens with one attached hydrogen (secondary N) is 1. The summed E-state index contributed by atoms with van der Waals surface area (Å²) in [5, 5.41) is 6.67. The summed E-state index contributed by atoms with van der Waals surface area (Å²) in [6.07, 6.45) is 1.99. The van der Waals surface area contributed by atoms with Crippen molar-refractivity contribution in [3.05, 3.63) is 42.5 Å². The molecule has 1 amide bonds. The Balaban J connectivity index is 1.98. The second-order valence-corrected chi connectivity index (χ2v) is 4.54. The average Bonchev–Trinajstić information content (AvgIpc) is 2.93. The van der Waals surface area contributed by atoms with Crippen LogP contribution in [0.2, 0.25) is 0 Å². The van der Waals surface area contributed by atoms with E-state index in [4.69, 9.17) is 4.52 Å². The molecule has 106 valence electrons. The molecule has 6 heteroatoms. The van der Waals surface area contributed by atoms with Crippen LogP contribution in [0.5, 0.6) is 0 Å². The highest BCUT2D eigenvalue weighted by atomic mass is 16.5. The SMILES string of the molecule is CCC(C(=O)Nc1ccccc1)N(C)Cc1ncon1. The maximum atomic E-state index is 12.3. The molecular formula is C14H18N4O2. The zero-order chi connectivity index (χ0) is 14.4. The molecule has 1 aromatic carbocycles. The van der Waals surface area contributed by atoms with Crippen LogP contribution in [0.4, 0.5) is 5.69 Å². The van der Waals surface area contributed by atoms with Crippen LogP contribution in [0, 0.1) is 0 Å². The van der Waals surface area contributed by atoms with Crippen molar-refractivity contribution < 1.29 is 9.32 Å². The molecule has 20 heavy (non-hydrogen) atoms. The topological polar surface area (TPSA) is 71.3 Å². The van der Waals surface area contributed by atoms with Gasteiger partial charge < -0.3 is 9.84 Å². The smallest absolute Gasteiger partial charge is 0.241 e. The van der Waals surface area contributed by atoms with Gasteiger partial charge in [-0.2, -0.15) is 4.98 Å². The monoisotopic (exact) mass is 274 g/mol. The molecule has 2 aromatic rings. The second-order valence-electron chi connectivity index (χ2n) is 4.54. The molecule has 6 nitrogen and oxygen atoms in total. The van der Waals surface area contributed by atoms with E-state index in [9.17, 15) is 4.79 Å². The molecule has 2 rings (SSSR count). The first-order valence-electron chi connectivity index (χ1n) is 6.52. The van der Waals surface area contributed by atoms with Gasteiger partial charge in [0.05, 0.1) is 12.6 Å². The van der Waals surface area contributed by atoms with E-state index in [1.54, 1.807) is 0 Å². The Hall–Kier alpha value is -2.21. The molecule has 1 atom stereocenters. The molecule has 0 saturated carbocycles. The maximum Gasteiger partial charge on any atom is 0.241 e. The normalized spacial score (nSPS) is 12.3. The summed E-state index contributed by atoms with van der Waals surface area (Å²) >= 11 is 0. The largest absolute Gasteiger partial charge is 0.343 e. The third kappa shape index (κ3) is 3.64. The van der Waals surface area contributed by atoms with Crippen molar-refractivity contribution >= 4 is 11.6 Å². The van der Waals surface area contributed by atoms with Gasteiger partial charge >= 0.3 is 0 Å². The van der Waals surface area contributed by atoms with Crippen molar-refractivity contribution in [3.8, 4) is 0 Å². The second kappa shape index (κ2) is 6.81. The van der Waals surface area contributed by atoms with E-state index < -0.39 is 0 Å². The van der Waals surface area contributed by atoms with Gasteiger partial charge in [0.15, 0.2) is 5.82 Å². The minimum Gasteiger partial charge on any atom is -0.343 e. The fourth-order valence-electron chi connectivity index (χ4n) is 2.04. The molecule has 0 saturated heterocycles. The number of rotatable bonds is 6. The number of anilines is 1. The fourth-order valence-corrected chi connectivity index (χ4v) is 2.04. The van der Waals surface area contributed by atoms with Gasteiger partial charge in [0.25, 0.3) is 0 Å². The molecular weight excluding hydrogens is 256 g/mol. The molecule has 1 aromatic heterocycles. The maximum absolute atomic E-state index is 12.3. The van der Waals surface area contributed by atoms with Crippen molar-refractivity contribution in [2.24, 2.45) is 0 Å². The summed E-state index contributed by atoms with van der Waals surface area (Å²) < 4.78 is 4.70. The average molecular weight is 274 g/mol. The number of hydrogen-bond acceptors (Lipinski definition) is 5. The van der Waals surface area contributed by atoms with E-state index in [1.807, 2.05) is 49.2 Å². The quantitative estimate of drug-likeness (QED) is 0.871. The zero-order valence-electron chi connectivity index (χ0n) is 11.6. The zero-order valence-corrected chi connectivity index (χ0v) is 11.6. The minimum atomic E-state index is -0.242. The highest BCUT2D eigenvalue weighted by Gasteiger charge is 2.22. The number of aromatic nitrogens is 2. The number of carbonyl (C=O) groups excluding carboxylic acids is 1.